The normalized spacial score (nSPS) is 11.2. The van der Waals surface area contributed by atoms with Crippen LogP contribution < -0.4 is 5.32 Å². The predicted molar refractivity (Wildman–Crippen MR) is 92.1 cm³/mol. The van der Waals surface area contributed by atoms with Crippen LogP contribution in [0.25, 0.3) is 21.3 Å². The Labute approximate surface area is 141 Å². The van der Waals surface area contributed by atoms with E-state index in [9.17, 15) is 4.79 Å². The zero-order chi connectivity index (χ0) is 16.4. The van der Waals surface area contributed by atoms with Crippen LogP contribution >= 0.6 is 11.3 Å². The van der Waals surface area contributed by atoms with E-state index in [1.54, 1.807) is 29.7 Å². The van der Waals surface area contributed by atoms with Crippen LogP contribution in [-0.4, -0.2) is 27.6 Å². The Morgan fingerprint density at radius 2 is 2.12 bits per heavy atom. The summed E-state index contributed by atoms with van der Waals surface area (Å²) in [4.78, 5) is 20.8. The highest BCUT2D eigenvalue weighted by molar-refractivity contribution is 7.18. The van der Waals surface area contributed by atoms with Crippen LogP contribution in [0.2, 0.25) is 0 Å². The second kappa shape index (κ2) is 6.37. The van der Waals surface area contributed by atoms with E-state index < -0.39 is 0 Å². The van der Waals surface area contributed by atoms with Gasteiger partial charge in [0.1, 0.15) is 0 Å². The number of hydrogen-bond acceptors (Lipinski definition) is 6. The summed E-state index contributed by atoms with van der Waals surface area (Å²) in [7, 11) is 0. The number of carbonyl (C=O) groups is 1. The predicted octanol–water partition coefficient (Wildman–Crippen LogP) is 3.20. The molecule has 6 nitrogen and oxygen atoms in total. The number of hydrogen-bond donors (Lipinski definition) is 1. The highest BCUT2D eigenvalue weighted by Crippen LogP contribution is 2.22. The second-order valence-electron chi connectivity index (χ2n) is 5.32. The number of rotatable bonds is 5. The number of amides is 1. The first-order valence-electron chi connectivity index (χ1n) is 7.64. The number of pyridine rings is 1. The summed E-state index contributed by atoms with van der Waals surface area (Å²) >= 11 is 1.70. The molecule has 1 amide bonds. The van der Waals surface area contributed by atoms with E-state index in [4.69, 9.17) is 4.52 Å². The Hall–Kier alpha value is -2.80. The van der Waals surface area contributed by atoms with E-state index in [0.717, 1.165) is 23.4 Å². The summed E-state index contributed by atoms with van der Waals surface area (Å²) in [6.07, 6.45) is 3.26. The van der Waals surface area contributed by atoms with Crippen LogP contribution in [0.1, 0.15) is 22.0 Å². The zero-order valence-electron chi connectivity index (χ0n) is 12.7. The Morgan fingerprint density at radius 3 is 3.04 bits per heavy atom. The largest absolute Gasteiger partial charge is 0.349 e. The van der Waals surface area contributed by atoms with E-state index in [-0.39, 0.29) is 11.7 Å². The highest BCUT2D eigenvalue weighted by atomic mass is 32.1. The first-order chi connectivity index (χ1) is 11.8. The molecule has 7 heteroatoms. The number of aromatic nitrogens is 3. The summed E-state index contributed by atoms with van der Waals surface area (Å²) < 4.78 is 6.29. The van der Waals surface area contributed by atoms with Crippen molar-refractivity contribution in [2.75, 3.05) is 6.54 Å². The maximum atomic E-state index is 12.2. The third-order valence-electron chi connectivity index (χ3n) is 3.65. The van der Waals surface area contributed by atoms with Gasteiger partial charge in [0.25, 0.3) is 5.91 Å². The van der Waals surface area contributed by atoms with Crippen LogP contribution in [0.4, 0.5) is 0 Å². The number of benzene rings is 1. The molecule has 24 heavy (non-hydrogen) atoms. The minimum absolute atomic E-state index is 0.207. The van der Waals surface area contributed by atoms with E-state index in [1.807, 2.05) is 18.2 Å². The summed E-state index contributed by atoms with van der Waals surface area (Å²) in [5.41, 5.74) is 1.47. The van der Waals surface area contributed by atoms with E-state index in [2.05, 4.69) is 26.5 Å². The minimum atomic E-state index is -0.269. The van der Waals surface area contributed by atoms with Crippen LogP contribution in [0.3, 0.4) is 0 Å². The van der Waals surface area contributed by atoms with Crippen molar-refractivity contribution in [3.63, 3.8) is 0 Å². The first kappa shape index (κ1) is 14.8. The van der Waals surface area contributed by atoms with E-state index in [1.165, 1.54) is 4.70 Å². The van der Waals surface area contributed by atoms with E-state index >= 15 is 0 Å². The smallest absolute Gasteiger partial charge is 0.290 e. The van der Waals surface area contributed by atoms with Gasteiger partial charge >= 0.3 is 0 Å². The zero-order valence-corrected chi connectivity index (χ0v) is 13.5. The molecule has 120 valence electrons. The molecule has 4 rings (SSSR count). The van der Waals surface area contributed by atoms with Crippen LogP contribution in [0.15, 0.2) is 47.1 Å². The second-order valence-corrected chi connectivity index (χ2v) is 6.44. The topological polar surface area (TPSA) is 80.9 Å². The lowest BCUT2D eigenvalue weighted by Gasteiger charge is -2.01. The van der Waals surface area contributed by atoms with Crippen LogP contribution in [0, 0.1) is 0 Å². The standard InChI is InChI=1S/C17H14N4O2S/c22-17(15-11-5-3-9-18-16(11)21-23-15)19-10-4-8-14-20-12-6-1-2-7-13(12)24-14/h1-3,5-7,9H,4,8,10H2,(H,19,22). The molecule has 3 heterocycles. The van der Waals surface area contributed by atoms with E-state index in [0.29, 0.717) is 17.6 Å². The molecule has 3 aromatic heterocycles. The van der Waals surface area contributed by atoms with Crippen LogP contribution in [0.5, 0.6) is 0 Å². The molecular weight excluding hydrogens is 324 g/mol. The lowest BCUT2D eigenvalue weighted by Crippen LogP contribution is -2.24. The van der Waals surface area contributed by atoms with Gasteiger partial charge in [-0.3, -0.25) is 4.79 Å². The molecule has 0 radical (unpaired) electrons. The van der Waals surface area contributed by atoms with Gasteiger partial charge in [-0.2, -0.15) is 0 Å². The molecule has 0 aliphatic heterocycles. The summed E-state index contributed by atoms with van der Waals surface area (Å²) in [5, 5.41) is 8.35. The Kier molecular flexibility index (Phi) is 3.92. The fourth-order valence-corrected chi connectivity index (χ4v) is 3.51. The molecule has 0 spiro atoms. The van der Waals surface area contributed by atoms with Crippen molar-refractivity contribution in [3.05, 3.63) is 53.4 Å². The van der Waals surface area contributed by atoms with Gasteiger partial charge in [-0.1, -0.05) is 17.3 Å². The van der Waals surface area contributed by atoms with Crippen LogP contribution in [-0.2, 0) is 6.42 Å². The maximum absolute atomic E-state index is 12.2. The quantitative estimate of drug-likeness (QED) is 0.565. The lowest BCUT2D eigenvalue weighted by molar-refractivity contribution is 0.0919. The summed E-state index contributed by atoms with van der Waals surface area (Å²) in [6, 6.07) is 11.6. The number of thiazole rings is 1. The average Bonchev–Trinajstić information content (AvgIpc) is 3.22. The molecule has 0 saturated carbocycles. The number of nitrogens with one attached hydrogen (secondary N) is 1. The van der Waals surface area contributed by atoms with Crippen molar-refractivity contribution >= 4 is 38.5 Å². The van der Waals surface area contributed by atoms with Gasteiger partial charge in [-0.25, -0.2) is 9.97 Å². The van der Waals surface area contributed by atoms with Gasteiger partial charge < -0.3 is 9.84 Å². The lowest BCUT2D eigenvalue weighted by atomic mass is 10.2. The van der Waals surface area contributed by atoms with Gasteiger partial charge in [0.05, 0.1) is 20.6 Å². The fourth-order valence-electron chi connectivity index (χ4n) is 2.50. The molecule has 0 fully saturated rings. The number of carbonyl (C=O) groups excluding carboxylic acids is 1. The Morgan fingerprint density at radius 1 is 1.21 bits per heavy atom. The van der Waals surface area contributed by atoms with Crippen molar-refractivity contribution in [2.45, 2.75) is 12.8 Å². The molecule has 0 atom stereocenters. The molecule has 4 aromatic rings. The van der Waals surface area contributed by atoms with Gasteiger partial charge in [-0.05, 0) is 30.7 Å². The molecule has 1 aromatic carbocycles. The average molecular weight is 338 g/mol. The third-order valence-corrected chi connectivity index (χ3v) is 4.75. The molecule has 0 bridgehead atoms. The maximum Gasteiger partial charge on any atom is 0.290 e. The molecule has 1 N–H and O–H groups in total. The summed E-state index contributed by atoms with van der Waals surface area (Å²) in [5.74, 6) is -0.0621. The van der Waals surface area contributed by atoms with Crippen molar-refractivity contribution in [1.29, 1.82) is 0 Å². The third kappa shape index (κ3) is 2.85. The SMILES string of the molecule is O=C(NCCCc1nc2ccccc2s1)c1onc2ncccc12. The fraction of sp³-hybridized carbons (Fsp3) is 0.176. The van der Waals surface area contributed by atoms with Gasteiger partial charge in [0.15, 0.2) is 0 Å². The number of para-hydroxylation sites is 1. The molecule has 0 saturated heterocycles. The van der Waals surface area contributed by atoms with Gasteiger partial charge in [0, 0.05) is 19.2 Å². The molecule has 0 aliphatic carbocycles. The minimum Gasteiger partial charge on any atom is -0.349 e. The van der Waals surface area contributed by atoms with Crippen molar-refractivity contribution in [2.24, 2.45) is 0 Å². The number of fused-ring (bicyclic) bond motifs is 2. The van der Waals surface area contributed by atoms with Gasteiger partial charge in [-0.15, -0.1) is 11.3 Å². The van der Waals surface area contributed by atoms with Crippen molar-refractivity contribution in [1.82, 2.24) is 20.4 Å². The van der Waals surface area contributed by atoms with Crippen molar-refractivity contribution < 1.29 is 9.32 Å². The monoisotopic (exact) mass is 338 g/mol. The molecular formula is C17H14N4O2S. The summed E-state index contributed by atoms with van der Waals surface area (Å²) in [6.45, 7) is 0.553. The molecule has 0 unspecified atom stereocenters. The Balaban J connectivity index is 1.34. The number of nitrogens with zero attached hydrogens (tertiary/aromatic N) is 3. The van der Waals surface area contributed by atoms with Crippen molar-refractivity contribution in [3.8, 4) is 0 Å². The number of aryl methyl sites for hydroxylation is 1. The molecule has 0 aliphatic rings. The highest BCUT2D eigenvalue weighted by Gasteiger charge is 2.16. The first-order valence-corrected chi connectivity index (χ1v) is 8.46. The Bertz CT molecular complexity index is 975. The van der Waals surface area contributed by atoms with Gasteiger partial charge in [0.2, 0.25) is 11.4 Å².